The third-order valence-corrected chi connectivity index (χ3v) is 5.57. The summed E-state index contributed by atoms with van der Waals surface area (Å²) in [6.45, 7) is 13.7. The van der Waals surface area contributed by atoms with E-state index in [1.54, 1.807) is 23.0 Å². The van der Waals surface area contributed by atoms with E-state index in [1.165, 1.54) is 0 Å². The van der Waals surface area contributed by atoms with Crippen LogP contribution in [0.25, 0.3) is 5.82 Å². The fourth-order valence-electron chi connectivity index (χ4n) is 3.55. The van der Waals surface area contributed by atoms with Crippen molar-refractivity contribution in [3.05, 3.63) is 36.2 Å². The second-order valence-electron chi connectivity index (χ2n) is 9.64. The van der Waals surface area contributed by atoms with Crippen molar-refractivity contribution in [2.75, 3.05) is 51.6 Å². The van der Waals surface area contributed by atoms with E-state index in [9.17, 15) is 9.59 Å². The number of nitrogens with zero attached hydrogens (tertiary/aromatic N) is 5. The number of carbonyl (C=O) groups is 2. The fraction of sp³-hybridized carbons (Fsp3) is 0.565. The zero-order valence-corrected chi connectivity index (χ0v) is 19.8. The number of nitrogens with one attached hydrogen (secondary N) is 2. The van der Waals surface area contributed by atoms with E-state index in [4.69, 9.17) is 0 Å². The lowest BCUT2D eigenvalue weighted by molar-refractivity contribution is -0.136. The van der Waals surface area contributed by atoms with Gasteiger partial charge in [-0.25, -0.2) is 4.98 Å². The minimum absolute atomic E-state index is 0.222. The SMILES string of the molecule is C[C@@H](CNC(=O)C(=O)Nc1cc(C(C)(C)C)nn1-c1ccccn1)CN1CCN(C)CC1. The van der Waals surface area contributed by atoms with Gasteiger partial charge in [-0.1, -0.05) is 33.8 Å². The van der Waals surface area contributed by atoms with Crippen molar-refractivity contribution >= 4 is 17.6 Å². The number of hydrogen-bond donors (Lipinski definition) is 2. The fourth-order valence-corrected chi connectivity index (χ4v) is 3.55. The van der Waals surface area contributed by atoms with Crippen molar-refractivity contribution < 1.29 is 9.59 Å². The van der Waals surface area contributed by atoms with E-state index in [0.29, 0.717) is 18.2 Å². The van der Waals surface area contributed by atoms with Gasteiger partial charge in [-0.3, -0.25) is 9.59 Å². The Morgan fingerprint density at radius 3 is 2.47 bits per heavy atom. The molecule has 3 heterocycles. The van der Waals surface area contributed by atoms with Gasteiger partial charge in [0.25, 0.3) is 0 Å². The van der Waals surface area contributed by atoms with E-state index in [1.807, 2.05) is 32.9 Å². The van der Waals surface area contributed by atoms with Crippen LogP contribution in [0.1, 0.15) is 33.4 Å². The molecule has 1 saturated heterocycles. The molecule has 0 aromatic carbocycles. The number of likely N-dealkylation sites (N-methyl/N-ethyl adjacent to an activating group) is 1. The van der Waals surface area contributed by atoms with Crippen molar-refractivity contribution in [3.8, 4) is 5.82 Å². The molecular weight excluding hydrogens is 406 g/mol. The topological polar surface area (TPSA) is 95.4 Å². The predicted octanol–water partition coefficient (Wildman–Crippen LogP) is 1.50. The van der Waals surface area contributed by atoms with Crippen molar-refractivity contribution in [1.82, 2.24) is 29.9 Å². The summed E-state index contributed by atoms with van der Waals surface area (Å²) >= 11 is 0. The molecule has 1 aliphatic rings. The van der Waals surface area contributed by atoms with Crippen LogP contribution in [0.4, 0.5) is 5.82 Å². The van der Waals surface area contributed by atoms with Crippen LogP contribution < -0.4 is 10.6 Å². The Bertz CT molecular complexity index is 912. The van der Waals surface area contributed by atoms with Crippen LogP contribution in [-0.4, -0.2) is 82.7 Å². The number of anilines is 1. The third kappa shape index (κ3) is 6.37. The average Bonchev–Trinajstić information content (AvgIpc) is 3.18. The summed E-state index contributed by atoms with van der Waals surface area (Å²) in [4.78, 5) is 34.1. The Hall–Kier alpha value is -2.78. The Morgan fingerprint density at radius 1 is 1.12 bits per heavy atom. The summed E-state index contributed by atoms with van der Waals surface area (Å²) in [6.07, 6.45) is 1.66. The van der Waals surface area contributed by atoms with Gasteiger partial charge in [-0.05, 0) is 25.1 Å². The van der Waals surface area contributed by atoms with Crippen LogP contribution in [0.5, 0.6) is 0 Å². The molecule has 0 radical (unpaired) electrons. The molecule has 3 rings (SSSR count). The van der Waals surface area contributed by atoms with E-state index in [2.05, 4.69) is 44.5 Å². The van der Waals surface area contributed by atoms with Gasteiger partial charge in [0.1, 0.15) is 5.82 Å². The van der Waals surface area contributed by atoms with Crippen molar-refractivity contribution in [2.45, 2.75) is 33.1 Å². The van der Waals surface area contributed by atoms with Gasteiger partial charge in [-0.15, -0.1) is 0 Å². The summed E-state index contributed by atoms with van der Waals surface area (Å²) in [7, 11) is 2.13. The summed E-state index contributed by atoms with van der Waals surface area (Å²) in [5.74, 6) is -0.129. The number of rotatable bonds is 6. The molecule has 1 atom stereocenters. The lowest BCUT2D eigenvalue weighted by atomic mass is 9.92. The lowest BCUT2D eigenvalue weighted by Gasteiger charge is -2.33. The van der Waals surface area contributed by atoms with Gasteiger partial charge in [0.15, 0.2) is 5.82 Å². The summed E-state index contributed by atoms with van der Waals surface area (Å²) < 4.78 is 1.56. The summed E-state index contributed by atoms with van der Waals surface area (Å²) in [6, 6.07) is 7.25. The molecule has 0 spiro atoms. The summed E-state index contributed by atoms with van der Waals surface area (Å²) in [5.41, 5.74) is 0.570. The molecule has 0 bridgehead atoms. The highest BCUT2D eigenvalue weighted by Gasteiger charge is 2.24. The van der Waals surface area contributed by atoms with Gasteiger partial charge in [0, 0.05) is 56.9 Å². The molecular formula is C23H35N7O2. The molecule has 1 aliphatic heterocycles. The first-order chi connectivity index (χ1) is 15.1. The first kappa shape index (κ1) is 23.9. The normalized spacial score (nSPS) is 16.5. The molecule has 2 N–H and O–H groups in total. The average molecular weight is 442 g/mol. The molecule has 0 saturated carbocycles. The number of piperazine rings is 1. The first-order valence-electron chi connectivity index (χ1n) is 11.2. The molecule has 174 valence electrons. The van der Waals surface area contributed by atoms with Gasteiger partial charge in [0.05, 0.1) is 5.69 Å². The van der Waals surface area contributed by atoms with E-state index in [-0.39, 0.29) is 11.3 Å². The van der Waals surface area contributed by atoms with Gasteiger partial charge in [-0.2, -0.15) is 9.78 Å². The Kier molecular flexibility index (Phi) is 7.63. The highest BCUT2D eigenvalue weighted by atomic mass is 16.2. The van der Waals surface area contributed by atoms with Crippen molar-refractivity contribution in [3.63, 3.8) is 0 Å². The maximum Gasteiger partial charge on any atom is 0.314 e. The molecule has 2 amide bonds. The molecule has 9 nitrogen and oxygen atoms in total. The molecule has 2 aromatic rings. The third-order valence-electron chi connectivity index (χ3n) is 5.57. The Morgan fingerprint density at radius 2 is 1.84 bits per heavy atom. The number of aromatic nitrogens is 3. The number of hydrogen-bond acceptors (Lipinski definition) is 6. The molecule has 32 heavy (non-hydrogen) atoms. The second kappa shape index (κ2) is 10.2. The maximum absolute atomic E-state index is 12.6. The highest BCUT2D eigenvalue weighted by molar-refractivity contribution is 6.39. The number of carbonyl (C=O) groups excluding carboxylic acids is 2. The molecule has 1 fully saturated rings. The summed E-state index contributed by atoms with van der Waals surface area (Å²) in [5, 5.41) is 10.1. The number of amides is 2. The predicted molar refractivity (Wildman–Crippen MR) is 125 cm³/mol. The quantitative estimate of drug-likeness (QED) is 0.660. The molecule has 9 heteroatoms. The van der Waals surface area contributed by atoms with E-state index >= 15 is 0 Å². The lowest BCUT2D eigenvalue weighted by Crippen LogP contribution is -2.47. The minimum Gasteiger partial charge on any atom is -0.348 e. The Balaban J connectivity index is 1.60. The monoisotopic (exact) mass is 441 g/mol. The highest BCUT2D eigenvalue weighted by Crippen LogP contribution is 2.25. The van der Waals surface area contributed by atoms with Crippen LogP contribution in [0, 0.1) is 5.92 Å². The van der Waals surface area contributed by atoms with Gasteiger partial charge < -0.3 is 20.4 Å². The van der Waals surface area contributed by atoms with Gasteiger partial charge >= 0.3 is 11.8 Å². The van der Waals surface area contributed by atoms with Crippen LogP contribution in [0.3, 0.4) is 0 Å². The van der Waals surface area contributed by atoms with Crippen LogP contribution in [0.15, 0.2) is 30.5 Å². The maximum atomic E-state index is 12.6. The molecule has 0 aliphatic carbocycles. The number of pyridine rings is 1. The van der Waals surface area contributed by atoms with E-state index in [0.717, 1.165) is 38.4 Å². The van der Waals surface area contributed by atoms with Crippen LogP contribution in [0.2, 0.25) is 0 Å². The standard InChI is InChI=1S/C23H35N7O2/c1-17(16-29-12-10-28(5)11-13-29)15-25-21(31)22(32)26-20-14-18(23(2,3)4)27-30(20)19-8-6-7-9-24-19/h6-9,14,17H,10-13,15-16H2,1-5H3,(H,25,31)(H,26,32)/t17-/m0/s1. The van der Waals surface area contributed by atoms with Crippen LogP contribution >= 0.6 is 0 Å². The van der Waals surface area contributed by atoms with Crippen LogP contribution in [-0.2, 0) is 15.0 Å². The van der Waals surface area contributed by atoms with E-state index < -0.39 is 11.8 Å². The van der Waals surface area contributed by atoms with Crippen molar-refractivity contribution in [2.24, 2.45) is 5.92 Å². The largest absolute Gasteiger partial charge is 0.348 e. The van der Waals surface area contributed by atoms with Gasteiger partial charge in [0.2, 0.25) is 0 Å². The molecule has 0 unspecified atom stereocenters. The minimum atomic E-state index is -0.714. The zero-order chi connectivity index (χ0) is 23.3. The van der Waals surface area contributed by atoms with Crippen molar-refractivity contribution in [1.29, 1.82) is 0 Å². The molecule has 2 aromatic heterocycles. The second-order valence-corrected chi connectivity index (χ2v) is 9.64. The zero-order valence-electron chi connectivity index (χ0n) is 19.8. The first-order valence-corrected chi connectivity index (χ1v) is 11.2. The Labute approximate surface area is 190 Å². The smallest absolute Gasteiger partial charge is 0.314 e.